The lowest BCUT2D eigenvalue weighted by Crippen LogP contribution is -2.15. The maximum Gasteiger partial charge on any atom is 0.435 e. The van der Waals surface area contributed by atoms with Gasteiger partial charge in [0.1, 0.15) is 11.7 Å². The Hall–Kier alpha value is -1.24. The fourth-order valence-electron chi connectivity index (χ4n) is 1.23. The number of rotatable bonds is 3. The molecule has 0 amide bonds. The van der Waals surface area contributed by atoms with Gasteiger partial charge in [-0.15, -0.1) is 0 Å². The van der Waals surface area contributed by atoms with Crippen molar-refractivity contribution in [3.8, 4) is 0 Å². The Morgan fingerprint density at radius 2 is 2.12 bits per heavy atom. The molecule has 0 saturated carbocycles. The van der Waals surface area contributed by atoms with E-state index in [9.17, 15) is 18.0 Å². The van der Waals surface area contributed by atoms with Gasteiger partial charge in [0.05, 0.1) is 6.61 Å². The lowest BCUT2D eigenvalue weighted by atomic mass is 10.3. The maximum atomic E-state index is 12.5. The van der Waals surface area contributed by atoms with Crippen LogP contribution in [0.4, 0.5) is 13.2 Å². The summed E-state index contributed by atoms with van der Waals surface area (Å²) < 4.78 is 42.8. The largest absolute Gasteiger partial charge is 0.465 e. The Morgan fingerprint density at radius 1 is 1.53 bits per heavy atom. The van der Waals surface area contributed by atoms with Crippen LogP contribution in [0.3, 0.4) is 0 Å². The first-order valence-corrected chi connectivity index (χ1v) is 5.10. The average Bonchev–Trinajstić information content (AvgIpc) is 2.46. The van der Waals surface area contributed by atoms with E-state index < -0.39 is 24.4 Å². The van der Waals surface area contributed by atoms with Gasteiger partial charge in [-0.25, -0.2) is 4.68 Å². The number of hydrogen-bond acceptors (Lipinski definition) is 3. The molecular formula is C9H10ClF3N2O2. The van der Waals surface area contributed by atoms with Crippen LogP contribution in [0.15, 0.2) is 0 Å². The molecule has 0 aliphatic heterocycles. The lowest BCUT2D eigenvalue weighted by molar-refractivity contribution is -0.146. The fraction of sp³-hybridized carbons (Fsp3) is 0.556. The summed E-state index contributed by atoms with van der Waals surface area (Å²) in [5.74, 6) is -0.689. The number of nitrogens with zero attached hydrogens (tertiary/aromatic N) is 2. The van der Waals surface area contributed by atoms with Gasteiger partial charge in [0.15, 0.2) is 5.69 Å². The highest BCUT2D eigenvalue weighted by atomic mass is 35.5. The zero-order valence-corrected chi connectivity index (χ0v) is 9.89. The number of carbonyl (C=O) groups is 1. The van der Waals surface area contributed by atoms with E-state index in [1.165, 1.54) is 6.92 Å². The molecule has 0 fully saturated rings. The molecule has 1 rings (SSSR count). The van der Waals surface area contributed by atoms with Gasteiger partial charge in [0.2, 0.25) is 0 Å². The second-order valence-electron chi connectivity index (χ2n) is 3.22. The monoisotopic (exact) mass is 270 g/mol. The number of aromatic nitrogens is 2. The van der Waals surface area contributed by atoms with E-state index in [0.29, 0.717) is 0 Å². The molecule has 0 saturated heterocycles. The first-order valence-electron chi connectivity index (χ1n) is 4.73. The number of hydrogen-bond donors (Lipinski definition) is 0. The van der Waals surface area contributed by atoms with E-state index >= 15 is 0 Å². The molecule has 0 bridgehead atoms. The maximum absolute atomic E-state index is 12.5. The third-order valence-electron chi connectivity index (χ3n) is 1.96. The van der Waals surface area contributed by atoms with Crippen LogP contribution in [-0.4, -0.2) is 22.4 Å². The predicted molar refractivity (Wildman–Crippen MR) is 53.6 cm³/mol. The van der Waals surface area contributed by atoms with Crippen molar-refractivity contribution in [2.75, 3.05) is 6.61 Å². The minimum Gasteiger partial charge on any atom is -0.465 e. The third-order valence-corrected chi connectivity index (χ3v) is 2.44. The van der Waals surface area contributed by atoms with Crippen molar-refractivity contribution in [2.45, 2.75) is 26.6 Å². The molecular weight excluding hydrogens is 261 g/mol. The van der Waals surface area contributed by atoms with Crippen LogP contribution in [0.1, 0.15) is 18.2 Å². The molecule has 8 heteroatoms. The van der Waals surface area contributed by atoms with Gasteiger partial charge in [-0.2, -0.15) is 18.3 Å². The molecule has 0 radical (unpaired) electrons. The standard InChI is InChI=1S/C9H10ClF3N2O2/c1-3-17-6(16)4-15-8(10)5(2)7(14-15)9(11,12)13/h3-4H2,1-2H3. The van der Waals surface area contributed by atoms with E-state index in [-0.39, 0.29) is 17.3 Å². The number of ether oxygens (including phenoxy) is 1. The van der Waals surface area contributed by atoms with Gasteiger partial charge in [0, 0.05) is 5.56 Å². The summed E-state index contributed by atoms with van der Waals surface area (Å²) in [4.78, 5) is 11.1. The van der Waals surface area contributed by atoms with Gasteiger partial charge in [0.25, 0.3) is 0 Å². The van der Waals surface area contributed by atoms with Gasteiger partial charge in [-0.05, 0) is 13.8 Å². The molecule has 0 atom stereocenters. The Bertz CT molecular complexity index is 429. The normalized spacial score (nSPS) is 11.6. The first kappa shape index (κ1) is 13.8. The van der Waals surface area contributed by atoms with Crippen molar-refractivity contribution in [2.24, 2.45) is 0 Å². The van der Waals surface area contributed by atoms with E-state index in [2.05, 4.69) is 9.84 Å². The highest BCUT2D eigenvalue weighted by Crippen LogP contribution is 2.33. The quantitative estimate of drug-likeness (QED) is 0.793. The molecule has 1 heterocycles. The second-order valence-corrected chi connectivity index (χ2v) is 3.58. The third kappa shape index (κ3) is 3.12. The van der Waals surface area contributed by atoms with Crippen LogP contribution in [0, 0.1) is 6.92 Å². The van der Waals surface area contributed by atoms with Crippen LogP contribution in [0.2, 0.25) is 5.15 Å². The van der Waals surface area contributed by atoms with Crippen molar-refractivity contribution in [3.63, 3.8) is 0 Å². The first-order chi connectivity index (χ1) is 7.77. The molecule has 0 unspecified atom stereocenters. The van der Waals surface area contributed by atoms with Gasteiger partial charge < -0.3 is 4.74 Å². The minimum atomic E-state index is -4.59. The molecule has 0 spiro atoms. The number of esters is 1. The van der Waals surface area contributed by atoms with Crippen molar-refractivity contribution < 1.29 is 22.7 Å². The zero-order valence-electron chi connectivity index (χ0n) is 9.14. The van der Waals surface area contributed by atoms with Gasteiger partial charge in [-0.1, -0.05) is 11.6 Å². The molecule has 96 valence electrons. The highest BCUT2D eigenvalue weighted by molar-refractivity contribution is 6.30. The van der Waals surface area contributed by atoms with E-state index in [0.717, 1.165) is 4.68 Å². The average molecular weight is 271 g/mol. The summed E-state index contributed by atoms with van der Waals surface area (Å²) in [6, 6.07) is 0. The van der Waals surface area contributed by atoms with Gasteiger partial charge in [-0.3, -0.25) is 4.79 Å². The summed E-state index contributed by atoms with van der Waals surface area (Å²) in [7, 11) is 0. The van der Waals surface area contributed by atoms with E-state index in [1.807, 2.05) is 0 Å². The number of halogens is 4. The van der Waals surface area contributed by atoms with Crippen molar-refractivity contribution in [3.05, 3.63) is 16.4 Å². The smallest absolute Gasteiger partial charge is 0.435 e. The summed E-state index contributed by atoms with van der Waals surface area (Å²) in [6.45, 7) is 2.49. The predicted octanol–water partition coefficient (Wildman–Crippen LogP) is 2.43. The molecule has 0 aromatic carbocycles. The topological polar surface area (TPSA) is 44.1 Å². The van der Waals surface area contributed by atoms with Crippen molar-refractivity contribution in [1.29, 1.82) is 0 Å². The van der Waals surface area contributed by atoms with Crippen LogP contribution < -0.4 is 0 Å². The summed E-state index contributed by atoms with van der Waals surface area (Å²) in [6.07, 6.45) is -4.59. The van der Waals surface area contributed by atoms with Crippen LogP contribution in [0.25, 0.3) is 0 Å². The molecule has 1 aromatic heterocycles. The SMILES string of the molecule is CCOC(=O)Cn1nc(C(F)(F)F)c(C)c1Cl. The number of carbonyl (C=O) groups excluding carboxylic acids is 1. The minimum absolute atomic E-state index is 0.142. The molecule has 0 N–H and O–H groups in total. The summed E-state index contributed by atoms with van der Waals surface area (Å²) in [5.41, 5.74) is -1.30. The molecule has 17 heavy (non-hydrogen) atoms. The molecule has 0 aliphatic carbocycles. The summed E-state index contributed by atoms with van der Waals surface area (Å²) in [5, 5.41) is 3.04. The summed E-state index contributed by atoms with van der Waals surface area (Å²) >= 11 is 5.66. The van der Waals surface area contributed by atoms with Crippen molar-refractivity contribution >= 4 is 17.6 Å². The lowest BCUT2D eigenvalue weighted by Gasteiger charge is -2.03. The molecule has 1 aromatic rings. The van der Waals surface area contributed by atoms with Crippen LogP contribution in [-0.2, 0) is 22.3 Å². The Labute approximate surface area is 100 Å². The Morgan fingerprint density at radius 3 is 2.53 bits per heavy atom. The second kappa shape index (κ2) is 4.95. The molecule has 4 nitrogen and oxygen atoms in total. The van der Waals surface area contributed by atoms with Crippen LogP contribution >= 0.6 is 11.6 Å². The van der Waals surface area contributed by atoms with E-state index in [1.54, 1.807) is 6.92 Å². The Balaban J connectivity index is 3.00. The molecule has 0 aliphatic rings. The fourth-order valence-corrected chi connectivity index (χ4v) is 1.42. The van der Waals surface area contributed by atoms with Crippen molar-refractivity contribution in [1.82, 2.24) is 9.78 Å². The van der Waals surface area contributed by atoms with E-state index in [4.69, 9.17) is 11.6 Å². The number of alkyl halides is 3. The Kier molecular flexibility index (Phi) is 4.03. The van der Waals surface area contributed by atoms with Crippen LogP contribution in [0.5, 0.6) is 0 Å². The zero-order chi connectivity index (χ0) is 13.2. The van der Waals surface area contributed by atoms with Gasteiger partial charge >= 0.3 is 12.1 Å². The highest BCUT2D eigenvalue weighted by Gasteiger charge is 2.37.